The second-order valence-electron chi connectivity index (χ2n) is 8.83. The number of hydrogen-bond acceptors (Lipinski definition) is 5. The van der Waals surface area contributed by atoms with Crippen LogP contribution in [0.1, 0.15) is 43.2 Å². The first-order valence-corrected chi connectivity index (χ1v) is 11.1. The maximum absolute atomic E-state index is 13.0. The standard InChI is InChI=1S/C24H28F3N3O3.ClH/c1-16(17-5-9-29-10-6-17)21-14-23(22(28)31,8-12-32-21)30-11-7-20(15-30)33-19-4-2-3-18(13-19)24(25,26)27;/h2-6,9-10,13,16,20-21H,7-8,11-12,14-15H2,1H3,(H2,28,31);1H/t16-,20?,21?,23?;/m0./s1. The van der Waals surface area contributed by atoms with Gasteiger partial charge in [-0.3, -0.25) is 14.7 Å². The average molecular weight is 500 g/mol. The van der Waals surface area contributed by atoms with Crippen LogP contribution >= 0.6 is 12.4 Å². The Balaban J connectivity index is 0.00000324. The number of carbonyl (C=O) groups excluding carboxylic acids is 1. The highest BCUT2D eigenvalue weighted by Gasteiger charge is 2.50. The van der Waals surface area contributed by atoms with E-state index < -0.39 is 23.2 Å². The molecular formula is C24H29ClF3N3O3. The summed E-state index contributed by atoms with van der Waals surface area (Å²) >= 11 is 0. The normalized spacial score (nSPS) is 26.5. The van der Waals surface area contributed by atoms with Crippen molar-refractivity contribution in [2.75, 3.05) is 19.7 Å². The molecule has 2 saturated heterocycles. The summed E-state index contributed by atoms with van der Waals surface area (Å²) in [6, 6.07) is 8.74. The summed E-state index contributed by atoms with van der Waals surface area (Å²) in [5, 5.41) is 0. The molecule has 34 heavy (non-hydrogen) atoms. The third-order valence-corrected chi connectivity index (χ3v) is 6.85. The Morgan fingerprint density at radius 2 is 2.03 bits per heavy atom. The lowest BCUT2D eigenvalue weighted by molar-refractivity contribution is -0.142. The fourth-order valence-electron chi connectivity index (χ4n) is 4.89. The van der Waals surface area contributed by atoms with Crippen LogP contribution in [0.4, 0.5) is 13.2 Å². The molecule has 2 aliphatic heterocycles. The summed E-state index contributed by atoms with van der Waals surface area (Å²) < 4.78 is 51.0. The van der Waals surface area contributed by atoms with Crippen LogP contribution in [0.5, 0.6) is 5.75 Å². The molecule has 3 heterocycles. The molecule has 1 aromatic heterocycles. The summed E-state index contributed by atoms with van der Waals surface area (Å²) in [6.45, 7) is 3.44. The molecule has 2 fully saturated rings. The molecular weight excluding hydrogens is 471 g/mol. The number of pyridine rings is 1. The van der Waals surface area contributed by atoms with Gasteiger partial charge < -0.3 is 15.2 Å². The molecule has 0 bridgehead atoms. The van der Waals surface area contributed by atoms with E-state index in [1.54, 1.807) is 12.4 Å². The van der Waals surface area contributed by atoms with Gasteiger partial charge in [0.2, 0.25) is 5.91 Å². The molecule has 4 atom stereocenters. The van der Waals surface area contributed by atoms with E-state index >= 15 is 0 Å². The van der Waals surface area contributed by atoms with Gasteiger partial charge in [-0.05, 0) is 48.7 Å². The van der Waals surface area contributed by atoms with Gasteiger partial charge in [0, 0.05) is 44.4 Å². The number of benzene rings is 1. The van der Waals surface area contributed by atoms with Crippen LogP contribution in [0.25, 0.3) is 0 Å². The first-order chi connectivity index (χ1) is 15.7. The van der Waals surface area contributed by atoms with Gasteiger partial charge in [0.25, 0.3) is 0 Å². The van der Waals surface area contributed by atoms with Crippen molar-refractivity contribution in [3.8, 4) is 5.75 Å². The minimum Gasteiger partial charge on any atom is -0.489 e. The zero-order chi connectivity index (χ0) is 23.6. The zero-order valence-electron chi connectivity index (χ0n) is 18.8. The molecule has 186 valence electrons. The van der Waals surface area contributed by atoms with E-state index in [4.69, 9.17) is 15.2 Å². The van der Waals surface area contributed by atoms with Gasteiger partial charge in [-0.2, -0.15) is 13.2 Å². The predicted molar refractivity (Wildman–Crippen MR) is 123 cm³/mol. The van der Waals surface area contributed by atoms with E-state index in [9.17, 15) is 18.0 Å². The van der Waals surface area contributed by atoms with Crippen LogP contribution in [0.15, 0.2) is 48.8 Å². The second-order valence-corrected chi connectivity index (χ2v) is 8.83. The number of halogens is 4. The average Bonchev–Trinajstić information content (AvgIpc) is 3.27. The Bertz CT molecular complexity index is 979. The number of rotatable bonds is 6. The van der Waals surface area contributed by atoms with Crippen molar-refractivity contribution in [1.29, 1.82) is 0 Å². The van der Waals surface area contributed by atoms with Crippen LogP contribution in [0, 0.1) is 0 Å². The minimum atomic E-state index is -4.43. The van der Waals surface area contributed by atoms with Crippen LogP contribution in [0.2, 0.25) is 0 Å². The molecule has 0 saturated carbocycles. The molecule has 6 nitrogen and oxygen atoms in total. The predicted octanol–water partition coefficient (Wildman–Crippen LogP) is 4.18. The number of nitrogens with two attached hydrogens (primary N) is 1. The number of hydrogen-bond donors (Lipinski definition) is 1. The van der Waals surface area contributed by atoms with E-state index in [1.807, 2.05) is 17.0 Å². The number of primary amides is 1. The number of amides is 1. The van der Waals surface area contributed by atoms with Crippen LogP contribution < -0.4 is 10.5 Å². The van der Waals surface area contributed by atoms with Gasteiger partial charge in [0.15, 0.2) is 0 Å². The van der Waals surface area contributed by atoms with Gasteiger partial charge in [-0.25, -0.2) is 0 Å². The lowest BCUT2D eigenvalue weighted by atomic mass is 9.79. The highest BCUT2D eigenvalue weighted by molar-refractivity contribution is 5.85. The van der Waals surface area contributed by atoms with Crippen molar-refractivity contribution in [2.24, 2.45) is 5.73 Å². The van der Waals surface area contributed by atoms with Crippen molar-refractivity contribution in [3.63, 3.8) is 0 Å². The molecule has 1 amide bonds. The van der Waals surface area contributed by atoms with Crippen LogP contribution in [-0.4, -0.2) is 53.2 Å². The fourth-order valence-corrected chi connectivity index (χ4v) is 4.89. The SMILES string of the molecule is C[C@@H](c1ccncc1)C1CC(C(N)=O)(N2CCC(Oc3cccc(C(F)(F)F)c3)C2)CCO1.Cl. The lowest BCUT2D eigenvalue weighted by Gasteiger charge is -2.46. The van der Waals surface area contributed by atoms with E-state index in [1.165, 1.54) is 12.1 Å². The first kappa shape index (κ1) is 26.2. The largest absolute Gasteiger partial charge is 0.489 e. The molecule has 3 unspecified atom stereocenters. The third-order valence-electron chi connectivity index (χ3n) is 6.85. The van der Waals surface area contributed by atoms with E-state index in [2.05, 4.69) is 11.9 Å². The maximum atomic E-state index is 13.0. The fraction of sp³-hybridized carbons (Fsp3) is 0.500. The Labute approximate surface area is 203 Å². The highest BCUT2D eigenvalue weighted by atomic mass is 35.5. The minimum absolute atomic E-state index is 0. The Morgan fingerprint density at radius 1 is 1.29 bits per heavy atom. The smallest absolute Gasteiger partial charge is 0.416 e. The molecule has 0 spiro atoms. The van der Waals surface area contributed by atoms with Crippen LogP contribution in [0.3, 0.4) is 0 Å². The van der Waals surface area contributed by atoms with Crippen molar-refractivity contribution in [1.82, 2.24) is 9.88 Å². The molecule has 10 heteroatoms. The van der Waals surface area contributed by atoms with Gasteiger partial charge in [0.1, 0.15) is 17.4 Å². The lowest BCUT2D eigenvalue weighted by Crippen LogP contribution is -2.61. The van der Waals surface area contributed by atoms with Crippen LogP contribution in [-0.2, 0) is 15.7 Å². The molecule has 2 aliphatic rings. The number of carbonyl (C=O) groups is 1. The molecule has 0 radical (unpaired) electrons. The van der Waals surface area contributed by atoms with E-state index in [0.717, 1.165) is 17.7 Å². The monoisotopic (exact) mass is 499 g/mol. The summed E-state index contributed by atoms with van der Waals surface area (Å²) in [6.07, 6.45) is 0.00967. The van der Waals surface area contributed by atoms with Gasteiger partial charge >= 0.3 is 6.18 Å². The summed E-state index contributed by atoms with van der Waals surface area (Å²) in [7, 11) is 0. The Hall–Kier alpha value is -2.36. The number of alkyl halides is 3. The van der Waals surface area contributed by atoms with Crippen molar-refractivity contribution >= 4 is 18.3 Å². The topological polar surface area (TPSA) is 77.7 Å². The van der Waals surface area contributed by atoms with Gasteiger partial charge in [-0.1, -0.05) is 13.0 Å². The molecule has 1 aromatic carbocycles. The molecule has 2 N–H and O–H groups in total. The quantitative estimate of drug-likeness (QED) is 0.645. The summed E-state index contributed by atoms with van der Waals surface area (Å²) in [4.78, 5) is 18.8. The Morgan fingerprint density at radius 3 is 2.71 bits per heavy atom. The van der Waals surface area contributed by atoms with E-state index in [-0.39, 0.29) is 36.3 Å². The van der Waals surface area contributed by atoms with Crippen molar-refractivity contribution in [2.45, 2.75) is 56.0 Å². The maximum Gasteiger partial charge on any atom is 0.416 e. The highest BCUT2D eigenvalue weighted by Crippen LogP contribution is 2.39. The summed E-state index contributed by atoms with van der Waals surface area (Å²) in [5.74, 6) is -0.190. The number of ether oxygens (including phenoxy) is 2. The summed E-state index contributed by atoms with van der Waals surface area (Å²) in [5.41, 5.74) is 5.38. The molecule has 2 aromatic rings. The zero-order valence-corrected chi connectivity index (χ0v) is 19.6. The molecule has 4 rings (SSSR count). The van der Waals surface area contributed by atoms with Crippen molar-refractivity contribution < 1.29 is 27.4 Å². The van der Waals surface area contributed by atoms with Gasteiger partial charge in [-0.15, -0.1) is 12.4 Å². The molecule has 0 aliphatic carbocycles. The number of aromatic nitrogens is 1. The number of nitrogens with zero attached hydrogens (tertiary/aromatic N) is 2. The second kappa shape index (κ2) is 10.5. The van der Waals surface area contributed by atoms with Gasteiger partial charge in [0.05, 0.1) is 11.7 Å². The Kier molecular flexibility index (Phi) is 8.10. The third kappa shape index (κ3) is 5.47. The number of likely N-dealkylation sites (tertiary alicyclic amines) is 1. The van der Waals surface area contributed by atoms with Crippen molar-refractivity contribution in [3.05, 3.63) is 59.9 Å². The van der Waals surface area contributed by atoms with E-state index in [0.29, 0.717) is 39.0 Å². The first-order valence-electron chi connectivity index (χ1n) is 11.1.